The van der Waals surface area contributed by atoms with Gasteiger partial charge in [-0.2, -0.15) is 0 Å². The highest BCUT2D eigenvalue weighted by Crippen LogP contribution is 2.05. The van der Waals surface area contributed by atoms with Gasteiger partial charge in [0.15, 0.2) is 0 Å². The Bertz CT molecular complexity index is 217. The zero-order chi connectivity index (χ0) is 11.4. The van der Waals surface area contributed by atoms with Gasteiger partial charge in [-0.3, -0.25) is 0 Å². The molecule has 2 heteroatoms. The first kappa shape index (κ1) is 14.5. The summed E-state index contributed by atoms with van der Waals surface area (Å²) >= 11 is 5.55. The minimum absolute atomic E-state index is 0.602. The molecule has 0 spiro atoms. The monoisotopic (exact) mass is 227 g/mol. The zero-order valence-corrected chi connectivity index (χ0v) is 10.6. The van der Waals surface area contributed by atoms with Crippen LogP contribution < -0.4 is 5.32 Å². The van der Waals surface area contributed by atoms with Crippen molar-refractivity contribution < 1.29 is 0 Å². The molecule has 0 heterocycles. The molecule has 0 aliphatic heterocycles. The van der Waals surface area contributed by atoms with Crippen molar-refractivity contribution in [1.82, 2.24) is 5.32 Å². The normalized spacial score (nSPS) is 13.1. The highest BCUT2D eigenvalue weighted by Gasteiger charge is 1.90. The van der Waals surface area contributed by atoms with E-state index in [1.807, 2.05) is 13.1 Å². The van der Waals surface area contributed by atoms with Crippen molar-refractivity contribution in [1.29, 1.82) is 0 Å². The molecular formula is C13H22ClN. The van der Waals surface area contributed by atoms with Crippen molar-refractivity contribution in [3.63, 3.8) is 0 Å². The van der Waals surface area contributed by atoms with E-state index in [9.17, 15) is 0 Å². The SMILES string of the molecule is CC/C=C\C(=C/C/C=C/CCl)CCNC. The quantitative estimate of drug-likeness (QED) is 0.379. The second kappa shape index (κ2) is 11.5. The largest absolute Gasteiger partial charge is 0.319 e. The number of hydrogen-bond donors (Lipinski definition) is 1. The second-order valence-corrected chi connectivity index (χ2v) is 3.61. The fourth-order valence-corrected chi connectivity index (χ4v) is 1.30. The van der Waals surface area contributed by atoms with Crippen LogP contribution in [-0.2, 0) is 0 Å². The van der Waals surface area contributed by atoms with E-state index in [-0.39, 0.29) is 0 Å². The number of rotatable bonds is 8. The van der Waals surface area contributed by atoms with Gasteiger partial charge in [0.2, 0.25) is 0 Å². The average Bonchev–Trinajstić information content (AvgIpc) is 2.27. The van der Waals surface area contributed by atoms with E-state index < -0.39 is 0 Å². The number of alkyl halides is 1. The van der Waals surface area contributed by atoms with Gasteiger partial charge in [0.1, 0.15) is 0 Å². The first-order valence-electron chi connectivity index (χ1n) is 5.56. The minimum atomic E-state index is 0.602. The third-order valence-electron chi connectivity index (χ3n) is 2.00. The van der Waals surface area contributed by atoms with Crippen LogP contribution in [0, 0.1) is 0 Å². The molecule has 0 atom stereocenters. The first-order valence-corrected chi connectivity index (χ1v) is 6.09. The molecule has 0 bridgehead atoms. The lowest BCUT2D eigenvalue weighted by atomic mass is 10.1. The first-order chi connectivity index (χ1) is 7.35. The summed E-state index contributed by atoms with van der Waals surface area (Å²) in [7, 11) is 1.98. The van der Waals surface area contributed by atoms with Crippen molar-refractivity contribution in [2.24, 2.45) is 0 Å². The van der Waals surface area contributed by atoms with E-state index in [0.717, 1.165) is 25.8 Å². The van der Waals surface area contributed by atoms with E-state index in [4.69, 9.17) is 11.6 Å². The van der Waals surface area contributed by atoms with Crippen molar-refractivity contribution in [3.8, 4) is 0 Å². The molecule has 0 aromatic rings. The molecule has 0 unspecified atom stereocenters. The lowest BCUT2D eigenvalue weighted by molar-refractivity contribution is 0.792. The predicted octanol–water partition coefficient (Wildman–Crippen LogP) is 3.67. The van der Waals surface area contributed by atoms with Crippen LogP contribution in [0.25, 0.3) is 0 Å². The van der Waals surface area contributed by atoms with Gasteiger partial charge in [-0.05, 0) is 32.9 Å². The summed E-state index contributed by atoms with van der Waals surface area (Å²) in [5.41, 5.74) is 1.39. The molecule has 0 aliphatic carbocycles. The van der Waals surface area contributed by atoms with E-state index in [2.05, 4.69) is 36.5 Å². The summed E-state index contributed by atoms with van der Waals surface area (Å²) in [5.74, 6) is 0.602. The van der Waals surface area contributed by atoms with Crippen LogP contribution in [0.1, 0.15) is 26.2 Å². The van der Waals surface area contributed by atoms with Crippen LogP contribution in [-0.4, -0.2) is 19.5 Å². The maximum Gasteiger partial charge on any atom is 0.0404 e. The highest BCUT2D eigenvalue weighted by molar-refractivity contribution is 6.18. The Morgan fingerprint density at radius 3 is 2.67 bits per heavy atom. The Balaban J connectivity index is 4.07. The van der Waals surface area contributed by atoms with Gasteiger partial charge in [0.25, 0.3) is 0 Å². The fraction of sp³-hybridized carbons (Fsp3) is 0.538. The van der Waals surface area contributed by atoms with Gasteiger partial charge < -0.3 is 5.32 Å². The number of halogens is 1. The highest BCUT2D eigenvalue weighted by atomic mass is 35.5. The Hall–Kier alpha value is -0.530. The molecule has 0 fully saturated rings. The molecule has 0 aromatic heterocycles. The summed E-state index contributed by atoms with van der Waals surface area (Å²) in [6, 6.07) is 0. The van der Waals surface area contributed by atoms with Crippen molar-refractivity contribution in [2.75, 3.05) is 19.5 Å². The van der Waals surface area contributed by atoms with Gasteiger partial charge in [0, 0.05) is 5.88 Å². The molecule has 0 saturated heterocycles. The lowest BCUT2D eigenvalue weighted by Crippen LogP contribution is -2.07. The molecule has 86 valence electrons. The topological polar surface area (TPSA) is 12.0 Å². The molecule has 0 amide bonds. The Labute approximate surface area is 98.9 Å². The van der Waals surface area contributed by atoms with Crippen LogP contribution >= 0.6 is 11.6 Å². The van der Waals surface area contributed by atoms with Crippen molar-refractivity contribution >= 4 is 11.6 Å². The van der Waals surface area contributed by atoms with Gasteiger partial charge in [-0.25, -0.2) is 0 Å². The zero-order valence-electron chi connectivity index (χ0n) is 9.80. The van der Waals surface area contributed by atoms with Gasteiger partial charge >= 0.3 is 0 Å². The molecule has 1 nitrogen and oxygen atoms in total. The minimum Gasteiger partial charge on any atom is -0.319 e. The van der Waals surface area contributed by atoms with E-state index in [0.29, 0.717) is 5.88 Å². The van der Waals surface area contributed by atoms with E-state index >= 15 is 0 Å². The molecule has 0 saturated carbocycles. The average molecular weight is 228 g/mol. The molecule has 0 aliphatic rings. The van der Waals surface area contributed by atoms with Crippen LogP contribution in [0.2, 0.25) is 0 Å². The van der Waals surface area contributed by atoms with Gasteiger partial charge in [-0.1, -0.05) is 42.9 Å². The summed E-state index contributed by atoms with van der Waals surface area (Å²) in [4.78, 5) is 0. The molecule has 1 N–H and O–H groups in total. The van der Waals surface area contributed by atoms with E-state index in [1.54, 1.807) is 0 Å². The Morgan fingerprint density at radius 2 is 2.07 bits per heavy atom. The molecular weight excluding hydrogens is 206 g/mol. The molecule has 0 rings (SSSR count). The van der Waals surface area contributed by atoms with Crippen LogP contribution in [0.15, 0.2) is 36.0 Å². The van der Waals surface area contributed by atoms with Crippen molar-refractivity contribution in [3.05, 3.63) is 36.0 Å². The Kier molecular flexibility index (Phi) is 11.1. The maximum absolute atomic E-state index is 5.55. The molecule has 15 heavy (non-hydrogen) atoms. The summed E-state index contributed by atoms with van der Waals surface area (Å²) in [6.07, 6.45) is 13.9. The molecule has 0 radical (unpaired) electrons. The summed E-state index contributed by atoms with van der Waals surface area (Å²) in [5, 5.41) is 3.16. The van der Waals surface area contributed by atoms with Crippen LogP contribution in [0.5, 0.6) is 0 Å². The fourth-order valence-electron chi connectivity index (χ4n) is 1.17. The van der Waals surface area contributed by atoms with Crippen LogP contribution in [0.3, 0.4) is 0 Å². The number of hydrogen-bond acceptors (Lipinski definition) is 1. The maximum atomic E-state index is 5.55. The second-order valence-electron chi connectivity index (χ2n) is 3.30. The van der Waals surface area contributed by atoms with Crippen LogP contribution in [0.4, 0.5) is 0 Å². The third kappa shape index (κ3) is 9.77. The van der Waals surface area contributed by atoms with Gasteiger partial charge in [-0.15, -0.1) is 11.6 Å². The smallest absolute Gasteiger partial charge is 0.0404 e. The predicted molar refractivity (Wildman–Crippen MR) is 70.5 cm³/mol. The summed E-state index contributed by atoms with van der Waals surface area (Å²) in [6.45, 7) is 3.18. The standard InChI is InChI=1S/C13H22ClN/c1-3-4-8-13(10-12-15-2)9-6-5-7-11-14/h4-5,7-9,15H,3,6,10-12H2,1-2H3/b7-5+,8-4-,13-9+. The summed E-state index contributed by atoms with van der Waals surface area (Å²) < 4.78 is 0. The van der Waals surface area contributed by atoms with E-state index in [1.165, 1.54) is 5.57 Å². The lowest BCUT2D eigenvalue weighted by Gasteiger charge is -2.01. The molecule has 0 aromatic carbocycles. The Morgan fingerprint density at radius 1 is 1.27 bits per heavy atom. The van der Waals surface area contributed by atoms with Gasteiger partial charge in [0.05, 0.1) is 0 Å². The van der Waals surface area contributed by atoms with Crippen molar-refractivity contribution in [2.45, 2.75) is 26.2 Å². The number of nitrogens with one attached hydrogen (secondary N) is 1. The third-order valence-corrected chi connectivity index (χ3v) is 2.18. The number of allylic oxidation sites excluding steroid dienone is 5.